The van der Waals surface area contributed by atoms with Crippen LogP contribution in [0.5, 0.6) is 0 Å². The standard InChI is InChI=1S/C12H17N5/c1-17-7-15-10-5-8(6-13)16-11(12(10)17)9-3-2-4-14-9/h5,7,9,14H,2-4,6,13H2,1H3. The number of hydrogen-bond acceptors (Lipinski definition) is 4. The molecule has 3 rings (SSSR count). The maximum atomic E-state index is 5.70. The highest BCUT2D eigenvalue weighted by Gasteiger charge is 2.22. The fraction of sp³-hybridized carbons (Fsp3) is 0.500. The van der Waals surface area contributed by atoms with Gasteiger partial charge in [-0.15, -0.1) is 0 Å². The first-order valence-electron chi connectivity index (χ1n) is 6.04. The van der Waals surface area contributed by atoms with Gasteiger partial charge >= 0.3 is 0 Å². The fourth-order valence-electron chi connectivity index (χ4n) is 2.53. The lowest BCUT2D eigenvalue weighted by atomic mass is 10.1. The highest BCUT2D eigenvalue weighted by molar-refractivity contribution is 5.78. The van der Waals surface area contributed by atoms with E-state index in [9.17, 15) is 0 Å². The lowest BCUT2D eigenvalue weighted by molar-refractivity contribution is 0.626. The molecular weight excluding hydrogens is 214 g/mol. The molecule has 3 heterocycles. The van der Waals surface area contributed by atoms with Gasteiger partial charge in [-0.25, -0.2) is 4.98 Å². The Morgan fingerprint density at radius 1 is 1.59 bits per heavy atom. The number of fused-ring (bicyclic) bond motifs is 1. The highest BCUT2D eigenvalue weighted by Crippen LogP contribution is 2.28. The molecule has 2 aromatic rings. The molecule has 0 amide bonds. The van der Waals surface area contributed by atoms with Gasteiger partial charge in [0.2, 0.25) is 0 Å². The minimum Gasteiger partial charge on any atom is -0.332 e. The van der Waals surface area contributed by atoms with Crippen LogP contribution in [0.15, 0.2) is 12.4 Å². The van der Waals surface area contributed by atoms with E-state index >= 15 is 0 Å². The summed E-state index contributed by atoms with van der Waals surface area (Å²) < 4.78 is 2.04. The molecule has 1 aliphatic heterocycles. The SMILES string of the molecule is Cn1cnc2cc(CN)nc(C3CCCN3)c21. The summed E-state index contributed by atoms with van der Waals surface area (Å²) in [4.78, 5) is 9.08. The van der Waals surface area contributed by atoms with Crippen LogP contribution in [0.2, 0.25) is 0 Å². The van der Waals surface area contributed by atoms with Gasteiger partial charge in [0.15, 0.2) is 0 Å². The molecule has 3 N–H and O–H groups in total. The predicted octanol–water partition coefficient (Wildman–Crippen LogP) is 0.851. The van der Waals surface area contributed by atoms with Crippen molar-refractivity contribution < 1.29 is 0 Å². The number of nitrogens with zero attached hydrogens (tertiary/aromatic N) is 3. The molecule has 0 saturated carbocycles. The van der Waals surface area contributed by atoms with Crippen molar-refractivity contribution >= 4 is 11.0 Å². The first-order valence-corrected chi connectivity index (χ1v) is 6.04. The Morgan fingerprint density at radius 3 is 3.18 bits per heavy atom. The lowest BCUT2D eigenvalue weighted by Crippen LogP contribution is -2.16. The molecule has 1 fully saturated rings. The van der Waals surface area contributed by atoms with E-state index in [0.717, 1.165) is 35.4 Å². The van der Waals surface area contributed by atoms with Crippen LogP contribution in [0, 0.1) is 0 Å². The fourth-order valence-corrected chi connectivity index (χ4v) is 2.53. The summed E-state index contributed by atoms with van der Waals surface area (Å²) in [5, 5.41) is 3.49. The largest absolute Gasteiger partial charge is 0.332 e. The van der Waals surface area contributed by atoms with Crippen molar-refractivity contribution in [2.45, 2.75) is 25.4 Å². The number of rotatable bonds is 2. The molecule has 17 heavy (non-hydrogen) atoms. The third-order valence-corrected chi connectivity index (χ3v) is 3.37. The van der Waals surface area contributed by atoms with Crippen molar-refractivity contribution in [1.82, 2.24) is 19.9 Å². The van der Waals surface area contributed by atoms with E-state index in [2.05, 4.69) is 15.3 Å². The maximum Gasteiger partial charge on any atom is 0.0956 e. The van der Waals surface area contributed by atoms with Crippen molar-refractivity contribution in [2.24, 2.45) is 12.8 Å². The first-order chi connectivity index (χ1) is 8.29. The molecule has 0 spiro atoms. The van der Waals surface area contributed by atoms with Gasteiger partial charge in [0.1, 0.15) is 0 Å². The Morgan fingerprint density at radius 2 is 2.47 bits per heavy atom. The van der Waals surface area contributed by atoms with E-state index in [1.807, 2.05) is 24.0 Å². The van der Waals surface area contributed by atoms with Crippen LogP contribution < -0.4 is 11.1 Å². The predicted molar refractivity (Wildman–Crippen MR) is 66.4 cm³/mol. The molecule has 5 heteroatoms. The topological polar surface area (TPSA) is 68.8 Å². The summed E-state index contributed by atoms with van der Waals surface area (Å²) in [7, 11) is 2.01. The van der Waals surface area contributed by atoms with Gasteiger partial charge in [0.05, 0.1) is 34.8 Å². The van der Waals surface area contributed by atoms with Crippen molar-refractivity contribution in [3.63, 3.8) is 0 Å². The van der Waals surface area contributed by atoms with Crippen LogP contribution in [0.1, 0.15) is 30.3 Å². The van der Waals surface area contributed by atoms with Gasteiger partial charge in [-0.1, -0.05) is 0 Å². The zero-order valence-electron chi connectivity index (χ0n) is 9.98. The van der Waals surface area contributed by atoms with Crippen molar-refractivity contribution in [2.75, 3.05) is 6.54 Å². The number of aryl methyl sites for hydroxylation is 1. The van der Waals surface area contributed by atoms with E-state index in [1.54, 1.807) is 0 Å². The molecule has 0 radical (unpaired) electrons. The molecule has 1 atom stereocenters. The van der Waals surface area contributed by atoms with E-state index in [4.69, 9.17) is 5.73 Å². The number of aromatic nitrogens is 3. The smallest absolute Gasteiger partial charge is 0.0956 e. The monoisotopic (exact) mass is 231 g/mol. The third kappa shape index (κ3) is 1.71. The summed E-state index contributed by atoms with van der Waals surface area (Å²) in [5.74, 6) is 0. The molecule has 1 aliphatic rings. The van der Waals surface area contributed by atoms with E-state index < -0.39 is 0 Å². The van der Waals surface area contributed by atoms with Gasteiger partial charge in [-0.05, 0) is 25.5 Å². The van der Waals surface area contributed by atoms with E-state index in [0.29, 0.717) is 12.6 Å². The van der Waals surface area contributed by atoms with E-state index in [-0.39, 0.29) is 0 Å². The Balaban J connectivity index is 2.21. The second kappa shape index (κ2) is 4.09. The highest BCUT2D eigenvalue weighted by atomic mass is 15.1. The van der Waals surface area contributed by atoms with Crippen LogP contribution in [-0.4, -0.2) is 21.1 Å². The van der Waals surface area contributed by atoms with Gasteiger partial charge in [0.25, 0.3) is 0 Å². The van der Waals surface area contributed by atoms with Crippen molar-refractivity contribution in [3.05, 3.63) is 23.8 Å². The average molecular weight is 231 g/mol. The quantitative estimate of drug-likeness (QED) is 0.804. The average Bonchev–Trinajstić information content (AvgIpc) is 2.98. The summed E-state index contributed by atoms with van der Waals surface area (Å²) in [6.45, 7) is 1.53. The molecule has 90 valence electrons. The van der Waals surface area contributed by atoms with Crippen LogP contribution in [0.3, 0.4) is 0 Å². The molecule has 0 aliphatic carbocycles. The zero-order valence-corrected chi connectivity index (χ0v) is 9.98. The van der Waals surface area contributed by atoms with Crippen LogP contribution in [0.4, 0.5) is 0 Å². The minimum absolute atomic E-state index is 0.347. The summed E-state index contributed by atoms with van der Waals surface area (Å²) >= 11 is 0. The number of nitrogens with one attached hydrogen (secondary N) is 1. The Hall–Kier alpha value is -1.46. The first kappa shape index (κ1) is 10.7. The number of imidazole rings is 1. The number of hydrogen-bond donors (Lipinski definition) is 2. The second-order valence-electron chi connectivity index (χ2n) is 4.58. The van der Waals surface area contributed by atoms with Crippen LogP contribution >= 0.6 is 0 Å². The summed E-state index contributed by atoms with van der Waals surface area (Å²) in [6, 6.07) is 2.33. The van der Waals surface area contributed by atoms with Gasteiger partial charge in [0, 0.05) is 13.6 Å². The number of nitrogens with two attached hydrogens (primary N) is 1. The molecule has 0 aromatic carbocycles. The molecular formula is C12H17N5. The summed E-state index contributed by atoms with van der Waals surface area (Å²) in [6.07, 6.45) is 4.19. The lowest BCUT2D eigenvalue weighted by Gasteiger charge is -2.13. The second-order valence-corrected chi connectivity index (χ2v) is 4.58. The zero-order chi connectivity index (χ0) is 11.8. The summed E-state index contributed by atoms with van der Waals surface area (Å²) in [5.41, 5.74) is 9.83. The van der Waals surface area contributed by atoms with Gasteiger partial charge in [-0.3, -0.25) is 4.98 Å². The third-order valence-electron chi connectivity index (χ3n) is 3.37. The normalized spacial score (nSPS) is 20.2. The van der Waals surface area contributed by atoms with Crippen LogP contribution in [-0.2, 0) is 13.6 Å². The van der Waals surface area contributed by atoms with Crippen LogP contribution in [0.25, 0.3) is 11.0 Å². The van der Waals surface area contributed by atoms with Gasteiger partial charge in [-0.2, -0.15) is 0 Å². The van der Waals surface area contributed by atoms with Gasteiger partial charge < -0.3 is 15.6 Å². The Labute approximate surface area is 100 Å². The molecule has 5 nitrogen and oxygen atoms in total. The van der Waals surface area contributed by atoms with Crippen molar-refractivity contribution in [3.8, 4) is 0 Å². The molecule has 1 unspecified atom stereocenters. The maximum absolute atomic E-state index is 5.70. The molecule has 2 aromatic heterocycles. The Kier molecular flexibility index (Phi) is 2.57. The number of pyridine rings is 1. The molecule has 0 bridgehead atoms. The molecule has 1 saturated heterocycles. The minimum atomic E-state index is 0.347. The van der Waals surface area contributed by atoms with Crippen molar-refractivity contribution in [1.29, 1.82) is 0 Å². The Bertz CT molecular complexity index is 539. The van der Waals surface area contributed by atoms with E-state index in [1.165, 1.54) is 6.42 Å².